The minimum Gasteiger partial charge on any atom is -0.460 e. The van der Waals surface area contributed by atoms with Crippen molar-refractivity contribution in [3.8, 4) is 0 Å². The summed E-state index contributed by atoms with van der Waals surface area (Å²) in [5.41, 5.74) is 7.02. The van der Waals surface area contributed by atoms with Gasteiger partial charge in [0.05, 0.1) is 6.04 Å². The lowest BCUT2D eigenvalue weighted by Crippen LogP contribution is -2.36. The van der Waals surface area contributed by atoms with Gasteiger partial charge in [0.1, 0.15) is 6.61 Å². The average Bonchev–Trinajstić information content (AvgIpc) is 2.55. The molecule has 0 saturated carbocycles. The fourth-order valence-corrected chi connectivity index (χ4v) is 1.99. The Morgan fingerprint density at radius 3 is 2.09 bits per heavy atom. The van der Waals surface area contributed by atoms with Crippen LogP contribution in [0.5, 0.6) is 0 Å². The third kappa shape index (κ3) is 4.02. The number of nitrogens with two attached hydrogens (primary N) is 1. The summed E-state index contributed by atoms with van der Waals surface area (Å²) in [4.78, 5) is 24.6. The molecule has 0 aliphatic carbocycles. The van der Waals surface area contributed by atoms with Crippen molar-refractivity contribution in [3.05, 3.63) is 77.7 Å². The van der Waals surface area contributed by atoms with E-state index < -0.39 is 17.8 Å². The topological polar surface area (TPSA) is 69.4 Å². The van der Waals surface area contributed by atoms with E-state index >= 15 is 0 Å². The Hall–Kier alpha value is -2.46. The van der Waals surface area contributed by atoms with Gasteiger partial charge in [0, 0.05) is 0 Å². The number of ketones is 1. The Morgan fingerprint density at radius 1 is 1.00 bits per heavy atom. The van der Waals surface area contributed by atoms with Gasteiger partial charge in [-0.2, -0.15) is 0 Å². The fourth-order valence-electron chi connectivity index (χ4n) is 1.99. The van der Waals surface area contributed by atoms with Gasteiger partial charge in [0.25, 0.3) is 0 Å². The number of benzene rings is 2. The van der Waals surface area contributed by atoms with E-state index in [0.29, 0.717) is 5.56 Å². The zero-order valence-corrected chi connectivity index (χ0v) is 12.4. The zero-order chi connectivity index (χ0) is 15.9. The van der Waals surface area contributed by atoms with Gasteiger partial charge in [-0.05, 0) is 18.1 Å². The summed E-state index contributed by atoms with van der Waals surface area (Å²) >= 11 is 0. The fraction of sp³-hybridized carbons (Fsp3) is 0.167. The second-order valence-corrected chi connectivity index (χ2v) is 4.96. The van der Waals surface area contributed by atoms with E-state index in [1.807, 2.05) is 36.4 Å². The molecule has 0 aliphatic heterocycles. The van der Waals surface area contributed by atoms with Gasteiger partial charge in [-0.3, -0.25) is 9.59 Å². The smallest absolute Gasteiger partial charge is 0.326 e. The Balaban J connectivity index is 2.14. The van der Waals surface area contributed by atoms with Crippen LogP contribution in [0.2, 0.25) is 0 Å². The van der Waals surface area contributed by atoms with Gasteiger partial charge in [0.15, 0.2) is 11.7 Å². The van der Waals surface area contributed by atoms with Crippen LogP contribution in [0.15, 0.2) is 60.7 Å². The standard InChI is InChI=1S/C18H18NO3/c1-13(19)17(20)16(15-10-6-3-7-11-15)18(21)22-12-14-8-4-2-5-9-14/h2-11,13H,12,19H2,1H3/t13-/m0/s1. The van der Waals surface area contributed by atoms with Gasteiger partial charge >= 0.3 is 5.97 Å². The van der Waals surface area contributed by atoms with Crippen molar-refractivity contribution in [3.63, 3.8) is 0 Å². The normalized spacial score (nSPS) is 12.0. The minimum atomic E-state index is -0.764. The summed E-state index contributed by atoms with van der Waals surface area (Å²) in [6.07, 6.45) is 0. The highest BCUT2D eigenvalue weighted by atomic mass is 16.5. The first kappa shape index (κ1) is 15.9. The van der Waals surface area contributed by atoms with E-state index in [9.17, 15) is 9.59 Å². The average molecular weight is 296 g/mol. The summed E-state index contributed by atoms with van der Waals surface area (Å²) in [5, 5.41) is 0. The van der Waals surface area contributed by atoms with E-state index in [1.54, 1.807) is 31.2 Å². The molecule has 2 rings (SSSR count). The number of carbonyl (C=O) groups is 2. The number of rotatable bonds is 6. The molecule has 0 heterocycles. The van der Waals surface area contributed by atoms with Gasteiger partial charge in [0.2, 0.25) is 0 Å². The summed E-state index contributed by atoms with van der Waals surface area (Å²) in [7, 11) is 0. The van der Waals surface area contributed by atoms with Crippen molar-refractivity contribution in [2.75, 3.05) is 0 Å². The SMILES string of the molecule is C[C@H](N)C(=O)[C](C(=O)OCc1ccccc1)c1ccccc1. The van der Waals surface area contributed by atoms with Gasteiger partial charge < -0.3 is 10.5 Å². The number of carbonyl (C=O) groups excluding carboxylic acids is 2. The van der Waals surface area contributed by atoms with Crippen LogP contribution in [-0.4, -0.2) is 17.8 Å². The van der Waals surface area contributed by atoms with Crippen molar-refractivity contribution in [2.24, 2.45) is 5.73 Å². The first-order chi connectivity index (χ1) is 10.6. The van der Waals surface area contributed by atoms with E-state index in [0.717, 1.165) is 5.56 Å². The molecule has 4 nitrogen and oxygen atoms in total. The second kappa shape index (κ2) is 7.52. The largest absolute Gasteiger partial charge is 0.460 e. The molecule has 2 aromatic rings. The molecule has 113 valence electrons. The van der Waals surface area contributed by atoms with Gasteiger partial charge in [-0.25, -0.2) is 0 Å². The number of ether oxygens (including phenoxy) is 1. The molecule has 0 saturated heterocycles. The molecule has 0 unspecified atom stereocenters. The van der Waals surface area contributed by atoms with Crippen LogP contribution in [0, 0.1) is 5.92 Å². The monoisotopic (exact) mass is 296 g/mol. The van der Waals surface area contributed by atoms with Crippen LogP contribution in [0.4, 0.5) is 0 Å². The molecule has 1 atom stereocenters. The van der Waals surface area contributed by atoms with Gasteiger partial charge in [-0.1, -0.05) is 60.7 Å². The zero-order valence-electron chi connectivity index (χ0n) is 12.4. The van der Waals surface area contributed by atoms with E-state index in [2.05, 4.69) is 0 Å². The predicted octanol–water partition coefficient (Wildman–Crippen LogP) is 2.27. The maximum Gasteiger partial charge on any atom is 0.326 e. The van der Waals surface area contributed by atoms with Crippen LogP contribution in [0.3, 0.4) is 0 Å². The highest BCUT2D eigenvalue weighted by Crippen LogP contribution is 2.19. The van der Waals surface area contributed by atoms with Crippen molar-refractivity contribution in [1.29, 1.82) is 0 Å². The second-order valence-electron chi connectivity index (χ2n) is 4.96. The van der Waals surface area contributed by atoms with Crippen LogP contribution < -0.4 is 5.73 Å². The van der Waals surface area contributed by atoms with E-state index in [1.165, 1.54) is 0 Å². The lowest BCUT2D eigenvalue weighted by molar-refractivity contribution is -0.144. The Morgan fingerprint density at radius 2 is 1.55 bits per heavy atom. The first-order valence-corrected chi connectivity index (χ1v) is 7.03. The lowest BCUT2D eigenvalue weighted by atomic mass is 9.91. The van der Waals surface area contributed by atoms with Crippen LogP contribution in [-0.2, 0) is 20.9 Å². The minimum absolute atomic E-state index is 0.00784. The molecule has 22 heavy (non-hydrogen) atoms. The highest BCUT2D eigenvalue weighted by molar-refractivity contribution is 6.18. The molecule has 2 aromatic carbocycles. The van der Waals surface area contributed by atoms with Crippen molar-refractivity contribution >= 4 is 11.8 Å². The molecule has 0 aromatic heterocycles. The van der Waals surface area contributed by atoms with Crippen molar-refractivity contribution in [2.45, 2.75) is 19.6 Å². The van der Waals surface area contributed by atoms with Crippen molar-refractivity contribution < 1.29 is 14.3 Å². The molecule has 1 radical (unpaired) electrons. The predicted molar refractivity (Wildman–Crippen MR) is 83.7 cm³/mol. The number of hydrogen-bond acceptors (Lipinski definition) is 4. The van der Waals surface area contributed by atoms with E-state index in [-0.39, 0.29) is 12.5 Å². The summed E-state index contributed by atoms with van der Waals surface area (Å²) in [5.74, 6) is -1.09. The number of hydrogen-bond donors (Lipinski definition) is 1. The molecule has 4 heteroatoms. The Kier molecular flexibility index (Phi) is 5.44. The summed E-state index contributed by atoms with van der Waals surface area (Å²) in [6, 6.07) is 17.3. The molecule has 0 amide bonds. The maximum absolute atomic E-state index is 12.3. The molecule has 0 bridgehead atoms. The maximum atomic E-state index is 12.3. The number of Topliss-reactive ketones (excluding diaryl/α,β-unsaturated/α-hetero) is 1. The van der Waals surface area contributed by atoms with Crippen LogP contribution in [0.25, 0.3) is 0 Å². The lowest BCUT2D eigenvalue weighted by Gasteiger charge is -2.16. The third-order valence-electron chi connectivity index (χ3n) is 3.14. The molecular weight excluding hydrogens is 278 g/mol. The molecule has 0 fully saturated rings. The third-order valence-corrected chi connectivity index (χ3v) is 3.14. The Bertz CT molecular complexity index is 623. The summed E-state index contributed by atoms with van der Waals surface area (Å²) in [6.45, 7) is 1.66. The van der Waals surface area contributed by atoms with Gasteiger partial charge in [-0.15, -0.1) is 0 Å². The summed E-state index contributed by atoms with van der Waals surface area (Å²) < 4.78 is 5.26. The van der Waals surface area contributed by atoms with Crippen LogP contribution >= 0.6 is 0 Å². The number of esters is 1. The quantitative estimate of drug-likeness (QED) is 0.656. The molecular formula is C18H18NO3. The molecule has 0 aliphatic rings. The van der Waals surface area contributed by atoms with Crippen LogP contribution in [0.1, 0.15) is 18.1 Å². The molecule has 0 spiro atoms. The Labute approximate surface area is 129 Å². The van der Waals surface area contributed by atoms with E-state index in [4.69, 9.17) is 10.5 Å². The highest BCUT2D eigenvalue weighted by Gasteiger charge is 2.33. The molecule has 2 N–H and O–H groups in total. The van der Waals surface area contributed by atoms with Crippen molar-refractivity contribution in [1.82, 2.24) is 0 Å². The first-order valence-electron chi connectivity index (χ1n) is 7.03.